The lowest BCUT2D eigenvalue weighted by atomic mass is 10.2. The summed E-state index contributed by atoms with van der Waals surface area (Å²) in [5.74, 6) is 2.31. The van der Waals surface area contributed by atoms with Crippen LogP contribution in [0, 0.1) is 0 Å². The number of hydrogen-bond acceptors (Lipinski definition) is 4. The summed E-state index contributed by atoms with van der Waals surface area (Å²) in [5, 5.41) is 6.26. The second-order valence-corrected chi connectivity index (χ2v) is 6.16. The fraction of sp³-hybridized carbons (Fsp3) is 0.286. The van der Waals surface area contributed by atoms with E-state index in [1.165, 1.54) is 0 Å². The molecule has 1 atom stereocenters. The zero-order valence-corrected chi connectivity index (χ0v) is 15.7. The van der Waals surface area contributed by atoms with Crippen LogP contribution >= 0.6 is 0 Å². The number of ether oxygens (including phenoxy) is 2. The largest absolute Gasteiger partial charge is 0.494 e. The molecule has 0 saturated carbocycles. The number of amides is 2. The standard InChI is InChI=1S/C21H24N2O4/c1-4-25-17-7-5-15(6-8-17)13-26-18-9-10-19-16(11-18)12-20(27-19)14(2)23-21(24)22-3/h5-12,14H,4,13H2,1-3H3,(H2,22,23,24). The minimum Gasteiger partial charge on any atom is -0.494 e. The highest BCUT2D eigenvalue weighted by Gasteiger charge is 2.14. The van der Waals surface area contributed by atoms with Crippen molar-refractivity contribution in [3.05, 3.63) is 59.9 Å². The lowest BCUT2D eigenvalue weighted by Crippen LogP contribution is -2.34. The zero-order chi connectivity index (χ0) is 19.2. The fourth-order valence-electron chi connectivity index (χ4n) is 2.70. The minimum absolute atomic E-state index is 0.231. The summed E-state index contributed by atoms with van der Waals surface area (Å²) in [5.41, 5.74) is 1.82. The Morgan fingerprint density at radius 1 is 1.07 bits per heavy atom. The summed E-state index contributed by atoms with van der Waals surface area (Å²) in [6.45, 7) is 4.96. The van der Waals surface area contributed by atoms with Crippen molar-refractivity contribution in [1.82, 2.24) is 10.6 Å². The average molecular weight is 368 g/mol. The molecule has 27 heavy (non-hydrogen) atoms. The number of rotatable bonds is 7. The molecule has 0 saturated heterocycles. The highest BCUT2D eigenvalue weighted by Crippen LogP contribution is 2.27. The first kappa shape index (κ1) is 18.6. The van der Waals surface area contributed by atoms with Crippen LogP contribution in [0.5, 0.6) is 11.5 Å². The molecule has 0 aliphatic heterocycles. The number of hydrogen-bond donors (Lipinski definition) is 2. The van der Waals surface area contributed by atoms with E-state index < -0.39 is 0 Å². The van der Waals surface area contributed by atoms with Gasteiger partial charge in [-0.2, -0.15) is 0 Å². The Morgan fingerprint density at radius 3 is 2.52 bits per heavy atom. The van der Waals surface area contributed by atoms with Crippen molar-refractivity contribution in [2.75, 3.05) is 13.7 Å². The van der Waals surface area contributed by atoms with Crippen LogP contribution in [0.15, 0.2) is 52.9 Å². The summed E-state index contributed by atoms with van der Waals surface area (Å²) in [4.78, 5) is 11.5. The van der Waals surface area contributed by atoms with Gasteiger partial charge in [0, 0.05) is 12.4 Å². The number of benzene rings is 2. The SMILES string of the molecule is CCOc1ccc(COc2ccc3oc(C(C)NC(=O)NC)cc3c2)cc1. The number of urea groups is 1. The third-order valence-electron chi connectivity index (χ3n) is 4.15. The first-order chi connectivity index (χ1) is 13.1. The van der Waals surface area contributed by atoms with E-state index in [0.717, 1.165) is 28.0 Å². The lowest BCUT2D eigenvalue weighted by molar-refractivity contribution is 0.238. The summed E-state index contributed by atoms with van der Waals surface area (Å²) in [6, 6.07) is 15.0. The van der Waals surface area contributed by atoms with Gasteiger partial charge in [0.05, 0.1) is 12.6 Å². The molecule has 0 fully saturated rings. The molecule has 0 spiro atoms. The van der Waals surface area contributed by atoms with E-state index in [9.17, 15) is 4.79 Å². The molecule has 6 nitrogen and oxygen atoms in total. The highest BCUT2D eigenvalue weighted by atomic mass is 16.5. The van der Waals surface area contributed by atoms with Gasteiger partial charge in [-0.3, -0.25) is 0 Å². The molecule has 6 heteroatoms. The first-order valence-corrected chi connectivity index (χ1v) is 8.95. The Hall–Kier alpha value is -3.15. The van der Waals surface area contributed by atoms with Crippen LogP contribution in [0.2, 0.25) is 0 Å². The van der Waals surface area contributed by atoms with E-state index >= 15 is 0 Å². The van der Waals surface area contributed by atoms with Crippen LogP contribution in [0.3, 0.4) is 0 Å². The van der Waals surface area contributed by atoms with Crippen molar-refractivity contribution in [2.24, 2.45) is 0 Å². The second-order valence-electron chi connectivity index (χ2n) is 6.16. The van der Waals surface area contributed by atoms with Gasteiger partial charge in [0.1, 0.15) is 29.4 Å². The monoisotopic (exact) mass is 368 g/mol. The van der Waals surface area contributed by atoms with Crippen molar-refractivity contribution in [2.45, 2.75) is 26.5 Å². The maximum absolute atomic E-state index is 11.5. The van der Waals surface area contributed by atoms with E-state index in [1.807, 2.05) is 62.4 Å². The van der Waals surface area contributed by atoms with Crippen molar-refractivity contribution < 1.29 is 18.7 Å². The zero-order valence-electron chi connectivity index (χ0n) is 15.7. The Balaban J connectivity index is 1.66. The van der Waals surface area contributed by atoms with Gasteiger partial charge in [0.15, 0.2) is 0 Å². The Morgan fingerprint density at radius 2 is 1.81 bits per heavy atom. The van der Waals surface area contributed by atoms with Crippen LogP contribution < -0.4 is 20.1 Å². The van der Waals surface area contributed by atoms with E-state index in [4.69, 9.17) is 13.9 Å². The smallest absolute Gasteiger partial charge is 0.315 e. The topological polar surface area (TPSA) is 72.7 Å². The maximum atomic E-state index is 11.5. The minimum atomic E-state index is -0.248. The second kappa shape index (κ2) is 8.49. The van der Waals surface area contributed by atoms with Gasteiger partial charge in [-0.15, -0.1) is 0 Å². The normalized spacial score (nSPS) is 11.8. The third kappa shape index (κ3) is 4.73. The molecule has 2 amide bonds. The van der Waals surface area contributed by atoms with Crippen molar-refractivity contribution in [3.8, 4) is 11.5 Å². The fourth-order valence-corrected chi connectivity index (χ4v) is 2.70. The Labute approximate surface area is 158 Å². The molecular formula is C21H24N2O4. The Kier molecular flexibility index (Phi) is 5.86. The molecule has 2 aromatic carbocycles. The molecule has 0 bridgehead atoms. The molecule has 1 aromatic heterocycles. The van der Waals surface area contributed by atoms with Gasteiger partial charge in [-0.25, -0.2) is 4.79 Å². The average Bonchev–Trinajstić information content (AvgIpc) is 3.11. The van der Waals surface area contributed by atoms with Crippen LogP contribution in [0.25, 0.3) is 11.0 Å². The van der Waals surface area contributed by atoms with E-state index in [0.29, 0.717) is 19.0 Å². The molecule has 2 N–H and O–H groups in total. The highest BCUT2D eigenvalue weighted by molar-refractivity contribution is 5.80. The van der Waals surface area contributed by atoms with Gasteiger partial charge < -0.3 is 24.5 Å². The van der Waals surface area contributed by atoms with Gasteiger partial charge in [-0.05, 0) is 55.8 Å². The maximum Gasteiger partial charge on any atom is 0.315 e. The van der Waals surface area contributed by atoms with E-state index in [2.05, 4.69) is 10.6 Å². The van der Waals surface area contributed by atoms with Gasteiger partial charge in [0.2, 0.25) is 0 Å². The van der Waals surface area contributed by atoms with E-state index in [-0.39, 0.29) is 12.1 Å². The van der Waals surface area contributed by atoms with Gasteiger partial charge in [0.25, 0.3) is 0 Å². The van der Waals surface area contributed by atoms with E-state index in [1.54, 1.807) is 7.05 Å². The number of carbonyl (C=O) groups is 1. The number of furan rings is 1. The molecular weight excluding hydrogens is 344 g/mol. The lowest BCUT2D eigenvalue weighted by Gasteiger charge is -2.10. The predicted octanol–water partition coefficient (Wildman–Crippen LogP) is 4.40. The predicted molar refractivity (Wildman–Crippen MR) is 104 cm³/mol. The Bertz CT molecular complexity index is 902. The molecule has 3 aromatic rings. The number of fused-ring (bicyclic) bond motifs is 1. The van der Waals surface area contributed by atoms with Gasteiger partial charge >= 0.3 is 6.03 Å². The molecule has 3 rings (SSSR count). The van der Waals surface area contributed by atoms with Crippen LogP contribution in [-0.2, 0) is 6.61 Å². The quantitative estimate of drug-likeness (QED) is 0.648. The number of carbonyl (C=O) groups excluding carboxylic acids is 1. The molecule has 0 aliphatic carbocycles. The van der Waals surface area contributed by atoms with Crippen LogP contribution in [0.1, 0.15) is 31.2 Å². The van der Waals surface area contributed by atoms with Crippen molar-refractivity contribution >= 4 is 17.0 Å². The molecule has 0 radical (unpaired) electrons. The van der Waals surface area contributed by atoms with Gasteiger partial charge in [-0.1, -0.05) is 12.1 Å². The van der Waals surface area contributed by atoms with Crippen molar-refractivity contribution in [1.29, 1.82) is 0 Å². The molecule has 1 heterocycles. The van der Waals surface area contributed by atoms with Crippen molar-refractivity contribution in [3.63, 3.8) is 0 Å². The third-order valence-corrected chi connectivity index (χ3v) is 4.15. The number of nitrogens with one attached hydrogen (secondary N) is 2. The van der Waals surface area contributed by atoms with Crippen LogP contribution in [0.4, 0.5) is 4.79 Å². The first-order valence-electron chi connectivity index (χ1n) is 8.95. The van der Waals surface area contributed by atoms with Crippen LogP contribution in [-0.4, -0.2) is 19.7 Å². The summed E-state index contributed by atoms with van der Waals surface area (Å²) >= 11 is 0. The summed E-state index contributed by atoms with van der Waals surface area (Å²) in [6.07, 6.45) is 0. The molecule has 142 valence electrons. The summed E-state index contributed by atoms with van der Waals surface area (Å²) < 4.78 is 17.1. The molecule has 1 unspecified atom stereocenters. The molecule has 0 aliphatic rings. The summed E-state index contributed by atoms with van der Waals surface area (Å²) in [7, 11) is 1.58.